The Labute approximate surface area is 312 Å². The molecule has 0 aliphatic carbocycles. The fourth-order valence-corrected chi connectivity index (χ4v) is 10.5. The van der Waals surface area contributed by atoms with Crippen molar-refractivity contribution in [2.45, 2.75) is 0 Å². The molecule has 3 aromatic heterocycles. The van der Waals surface area contributed by atoms with Crippen LogP contribution in [-0.4, -0.2) is 14.5 Å². The summed E-state index contributed by atoms with van der Waals surface area (Å²) in [7, 11) is 0. The molecule has 3 nitrogen and oxygen atoms in total. The summed E-state index contributed by atoms with van der Waals surface area (Å²) >= 11 is 1.88. The summed E-state index contributed by atoms with van der Waals surface area (Å²) in [6.45, 7) is 0. The van der Waals surface area contributed by atoms with Gasteiger partial charge in [-0.25, -0.2) is 9.97 Å². The van der Waals surface area contributed by atoms with Crippen LogP contribution in [0.1, 0.15) is 0 Å². The minimum Gasteiger partial charge on any atom is -0.278 e. The summed E-state index contributed by atoms with van der Waals surface area (Å²) in [6, 6.07) is 59.9. The van der Waals surface area contributed by atoms with Gasteiger partial charge in [0.25, 0.3) is 0 Å². The number of rotatable bonds is 2. The van der Waals surface area contributed by atoms with Crippen LogP contribution in [0.15, 0.2) is 164 Å². The van der Waals surface area contributed by atoms with E-state index in [-0.39, 0.29) is 0 Å². The highest BCUT2D eigenvalue weighted by Gasteiger charge is 2.24. The second kappa shape index (κ2) is 10.4. The average Bonchev–Trinajstić information content (AvgIpc) is 3.78. The van der Waals surface area contributed by atoms with Crippen LogP contribution in [0.4, 0.5) is 0 Å². The van der Waals surface area contributed by atoms with Crippen molar-refractivity contribution in [3.8, 4) is 17.2 Å². The van der Waals surface area contributed by atoms with Crippen LogP contribution in [0.2, 0.25) is 0 Å². The fraction of sp³-hybridized carbons (Fsp3) is 0. The summed E-state index contributed by atoms with van der Waals surface area (Å²) in [5.74, 6) is 0.677. The van der Waals surface area contributed by atoms with Gasteiger partial charge in [0, 0.05) is 47.3 Å². The van der Waals surface area contributed by atoms with Crippen LogP contribution in [-0.2, 0) is 0 Å². The van der Waals surface area contributed by atoms with Gasteiger partial charge >= 0.3 is 0 Å². The molecule has 0 unspecified atom stereocenters. The smallest absolute Gasteiger partial charge is 0.235 e. The lowest BCUT2D eigenvalue weighted by molar-refractivity contribution is 1.02. The molecule has 0 amide bonds. The van der Waals surface area contributed by atoms with E-state index in [1.54, 1.807) is 0 Å². The Bertz CT molecular complexity index is 3740. The van der Waals surface area contributed by atoms with Gasteiger partial charge in [0.2, 0.25) is 5.95 Å². The molecule has 0 saturated heterocycles. The largest absolute Gasteiger partial charge is 0.278 e. The lowest BCUT2D eigenvalue weighted by Gasteiger charge is -2.14. The Balaban J connectivity index is 1.22. The number of aromatic nitrogens is 3. The third kappa shape index (κ3) is 3.70. The second-order valence-corrected chi connectivity index (χ2v) is 15.6. The number of thiophene rings is 1. The normalized spacial score (nSPS) is 12.4. The van der Waals surface area contributed by atoms with Crippen molar-refractivity contribution in [1.29, 1.82) is 0 Å². The van der Waals surface area contributed by atoms with E-state index >= 15 is 0 Å². The lowest BCUT2D eigenvalue weighted by Crippen LogP contribution is -2.04. The molecule has 54 heavy (non-hydrogen) atoms. The first-order valence-electron chi connectivity index (χ1n) is 18.4. The number of fused-ring (bicyclic) bond motifs is 9. The Kier molecular flexibility index (Phi) is 5.51. The first kappa shape index (κ1) is 28.7. The predicted molar refractivity (Wildman–Crippen MR) is 231 cm³/mol. The number of nitrogens with zero attached hydrogens (tertiary/aromatic N) is 3. The molecule has 0 aliphatic rings. The molecule has 10 aromatic carbocycles. The van der Waals surface area contributed by atoms with E-state index in [9.17, 15) is 0 Å². The lowest BCUT2D eigenvalue weighted by atomic mass is 9.95. The molecule has 13 aromatic rings. The van der Waals surface area contributed by atoms with Crippen LogP contribution in [0.5, 0.6) is 0 Å². The van der Waals surface area contributed by atoms with E-state index in [1.165, 1.54) is 74.0 Å². The van der Waals surface area contributed by atoms with E-state index in [4.69, 9.17) is 9.97 Å². The molecule has 0 fully saturated rings. The molecule has 0 N–H and O–H groups in total. The summed E-state index contributed by atoms with van der Waals surface area (Å²) in [4.78, 5) is 11.1. The van der Waals surface area contributed by atoms with Crippen LogP contribution in [0.25, 0.3) is 124 Å². The summed E-state index contributed by atoms with van der Waals surface area (Å²) < 4.78 is 4.94. The zero-order chi connectivity index (χ0) is 35.1. The van der Waals surface area contributed by atoms with E-state index in [0.717, 1.165) is 44.0 Å². The molecule has 0 bridgehead atoms. The van der Waals surface area contributed by atoms with Crippen molar-refractivity contribution in [2.75, 3.05) is 0 Å². The van der Waals surface area contributed by atoms with Crippen LogP contribution in [0.3, 0.4) is 0 Å². The highest BCUT2D eigenvalue weighted by Crippen LogP contribution is 2.48. The van der Waals surface area contributed by atoms with Gasteiger partial charge in [0.1, 0.15) is 0 Å². The van der Waals surface area contributed by atoms with Gasteiger partial charge in [-0.2, -0.15) is 0 Å². The van der Waals surface area contributed by atoms with Crippen molar-refractivity contribution in [3.05, 3.63) is 164 Å². The predicted octanol–water partition coefficient (Wildman–Crippen LogP) is 14.0. The van der Waals surface area contributed by atoms with Gasteiger partial charge < -0.3 is 0 Å². The third-order valence-electron chi connectivity index (χ3n) is 11.7. The first-order valence-corrected chi connectivity index (χ1v) is 19.2. The van der Waals surface area contributed by atoms with Crippen molar-refractivity contribution >= 4 is 118 Å². The molecular formula is C50H27N3S. The average molecular weight is 702 g/mol. The van der Waals surface area contributed by atoms with Gasteiger partial charge in [0.05, 0.1) is 22.2 Å². The monoisotopic (exact) mass is 701 g/mol. The SMILES string of the molecule is c1ccc2c(c1)ccc1ccc(-c3nc(-n4c5cccc6c7ccccc7c7cccc8sc9ccc4c(c9c87)c65)nc4c3ccc3ccccc34)cc12. The Morgan fingerprint density at radius 3 is 1.81 bits per heavy atom. The maximum absolute atomic E-state index is 5.60. The minimum absolute atomic E-state index is 0.677. The maximum atomic E-state index is 5.60. The Morgan fingerprint density at radius 1 is 0.370 bits per heavy atom. The maximum Gasteiger partial charge on any atom is 0.235 e. The van der Waals surface area contributed by atoms with Gasteiger partial charge in [-0.3, -0.25) is 4.57 Å². The first-order chi connectivity index (χ1) is 26.8. The fourth-order valence-electron chi connectivity index (χ4n) is 9.40. The molecule has 0 aliphatic heterocycles. The summed E-state index contributed by atoms with van der Waals surface area (Å²) in [6.07, 6.45) is 0. The number of hydrogen-bond acceptors (Lipinski definition) is 3. The highest BCUT2D eigenvalue weighted by molar-refractivity contribution is 7.26. The molecular weight excluding hydrogens is 675 g/mol. The van der Waals surface area contributed by atoms with Crippen molar-refractivity contribution < 1.29 is 0 Å². The van der Waals surface area contributed by atoms with Gasteiger partial charge in [-0.1, -0.05) is 127 Å². The molecule has 3 heterocycles. The van der Waals surface area contributed by atoms with E-state index in [2.05, 4.69) is 168 Å². The standard InChI is InChI=1S/C50H27N3S/c1-3-11-32-28(9-1)19-20-30-21-22-31(27-39(30)32)48-38-24-23-29-10-2-4-12-33(29)49(38)52-50(51-48)53-40-17-7-15-36-34-13-5-6-14-35(34)37-16-8-18-42-45(37)47-43(54-42)26-25-41(53)46(47)44(36)40/h1-27H. The van der Waals surface area contributed by atoms with Crippen molar-refractivity contribution in [3.63, 3.8) is 0 Å². The van der Waals surface area contributed by atoms with Crippen molar-refractivity contribution in [1.82, 2.24) is 14.5 Å². The number of hydrogen-bond donors (Lipinski definition) is 0. The zero-order valence-electron chi connectivity index (χ0n) is 28.8. The van der Waals surface area contributed by atoms with Gasteiger partial charge in [-0.15, -0.1) is 11.3 Å². The van der Waals surface area contributed by atoms with Gasteiger partial charge in [-0.05, 0) is 84.9 Å². The molecule has 13 rings (SSSR count). The van der Waals surface area contributed by atoms with Crippen molar-refractivity contribution in [2.24, 2.45) is 0 Å². The molecule has 0 atom stereocenters. The van der Waals surface area contributed by atoms with Crippen LogP contribution in [0, 0.1) is 0 Å². The van der Waals surface area contributed by atoms with Gasteiger partial charge in [0.15, 0.2) is 0 Å². The van der Waals surface area contributed by atoms with Crippen LogP contribution < -0.4 is 0 Å². The number of benzene rings is 9. The Hall–Kier alpha value is -6.88. The Morgan fingerprint density at radius 2 is 0.981 bits per heavy atom. The van der Waals surface area contributed by atoms with E-state index in [1.807, 2.05) is 11.3 Å². The molecule has 4 heteroatoms. The minimum atomic E-state index is 0.677. The third-order valence-corrected chi connectivity index (χ3v) is 12.8. The quantitative estimate of drug-likeness (QED) is 0.168. The molecule has 0 spiro atoms. The second-order valence-electron chi connectivity index (χ2n) is 14.5. The van der Waals surface area contributed by atoms with E-state index < -0.39 is 0 Å². The van der Waals surface area contributed by atoms with Crippen LogP contribution >= 0.6 is 11.3 Å². The molecule has 0 radical (unpaired) electrons. The highest BCUT2D eigenvalue weighted by atomic mass is 32.1. The summed E-state index contributed by atoms with van der Waals surface area (Å²) in [5, 5.41) is 18.5. The molecule has 248 valence electrons. The zero-order valence-corrected chi connectivity index (χ0v) is 29.7. The topological polar surface area (TPSA) is 30.7 Å². The molecule has 0 saturated carbocycles. The van der Waals surface area contributed by atoms with E-state index in [0.29, 0.717) is 5.95 Å². The summed E-state index contributed by atoms with van der Waals surface area (Å²) in [5.41, 5.74) is 5.19.